The zero-order chi connectivity index (χ0) is 15.5. The zero-order valence-corrected chi connectivity index (χ0v) is 11.6. The van der Waals surface area contributed by atoms with Crippen molar-refractivity contribution < 1.29 is 19.2 Å². The lowest BCUT2D eigenvalue weighted by atomic mass is 9.90. The van der Waals surface area contributed by atoms with Gasteiger partial charge in [-0.1, -0.05) is 0 Å². The van der Waals surface area contributed by atoms with Crippen LogP contribution in [0.25, 0.3) is 0 Å². The number of anilines is 1. The second-order valence-electron chi connectivity index (χ2n) is 4.86. The van der Waals surface area contributed by atoms with Crippen LogP contribution in [0.15, 0.2) is 18.2 Å². The molecule has 0 bridgehead atoms. The number of hydrogen-bond acceptors (Lipinski definition) is 6. The summed E-state index contributed by atoms with van der Waals surface area (Å²) in [6.07, 6.45) is 0.849. The number of carbonyl (C=O) groups is 1. The number of hydrogen-bond donors (Lipinski definition) is 2. The fourth-order valence-electron chi connectivity index (χ4n) is 2.11. The summed E-state index contributed by atoms with van der Waals surface area (Å²) in [7, 11) is 1.38. The van der Waals surface area contributed by atoms with Gasteiger partial charge in [-0.2, -0.15) is 0 Å². The van der Waals surface area contributed by atoms with Crippen LogP contribution in [0.2, 0.25) is 0 Å². The van der Waals surface area contributed by atoms with Gasteiger partial charge in [0.25, 0.3) is 5.69 Å². The van der Waals surface area contributed by atoms with E-state index in [4.69, 9.17) is 15.2 Å². The lowest BCUT2D eigenvalue weighted by Gasteiger charge is -2.31. The van der Waals surface area contributed by atoms with E-state index in [-0.39, 0.29) is 17.3 Å². The molecule has 0 aromatic heterocycles. The van der Waals surface area contributed by atoms with Crippen molar-refractivity contribution in [1.29, 1.82) is 0 Å². The van der Waals surface area contributed by atoms with Crippen molar-refractivity contribution >= 4 is 17.3 Å². The first-order chi connectivity index (χ1) is 9.96. The molecule has 114 valence electrons. The van der Waals surface area contributed by atoms with Gasteiger partial charge in [0.15, 0.2) is 0 Å². The average molecular weight is 295 g/mol. The molecule has 1 fully saturated rings. The standard InChI is InChI=1S/C13H17N3O5/c1-20-11-8-9(16(18)19)2-3-10(11)15-12(17)13(14)4-6-21-7-5-13/h2-3,8H,4-7,14H2,1H3,(H,15,17). The Morgan fingerprint density at radius 2 is 2.14 bits per heavy atom. The first kappa shape index (κ1) is 15.2. The maximum absolute atomic E-state index is 12.3. The molecular formula is C13H17N3O5. The maximum atomic E-state index is 12.3. The van der Waals surface area contributed by atoms with Gasteiger partial charge in [-0.15, -0.1) is 0 Å². The van der Waals surface area contributed by atoms with E-state index in [0.717, 1.165) is 0 Å². The molecule has 8 heteroatoms. The molecule has 21 heavy (non-hydrogen) atoms. The molecule has 1 aliphatic heterocycles. The highest BCUT2D eigenvalue weighted by molar-refractivity contribution is 5.99. The lowest BCUT2D eigenvalue weighted by Crippen LogP contribution is -2.54. The third kappa shape index (κ3) is 3.29. The minimum absolute atomic E-state index is 0.113. The van der Waals surface area contributed by atoms with Gasteiger partial charge in [0.05, 0.1) is 23.8 Å². The summed E-state index contributed by atoms with van der Waals surface area (Å²) in [5.74, 6) is -0.133. The zero-order valence-electron chi connectivity index (χ0n) is 11.6. The van der Waals surface area contributed by atoms with E-state index in [9.17, 15) is 14.9 Å². The Bertz CT molecular complexity index is 555. The molecular weight excluding hydrogens is 278 g/mol. The van der Waals surface area contributed by atoms with Crippen LogP contribution in [0.4, 0.5) is 11.4 Å². The van der Waals surface area contributed by atoms with Crippen LogP contribution in [-0.4, -0.2) is 36.7 Å². The SMILES string of the molecule is COc1cc([N+](=O)[O-])ccc1NC(=O)C1(N)CCOCC1. The van der Waals surface area contributed by atoms with E-state index >= 15 is 0 Å². The van der Waals surface area contributed by atoms with Crippen molar-refractivity contribution in [3.8, 4) is 5.75 Å². The van der Waals surface area contributed by atoms with Crippen molar-refractivity contribution in [2.75, 3.05) is 25.6 Å². The van der Waals surface area contributed by atoms with Gasteiger partial charge in [0.1, 0.15) is 11.3 Å². The highest BCUT2D eigenvalue weighted by atomic mass is 16.6. The predicted octanol–water partition coefficient (Wildman–Crippen LogP) is 1.05. The summed E-state index contributed by atoms with van der Waals surface area (Å²) in [5, 5.41) is 13.4. The van der Waals surface area contributed by atoms with Gasteiger partial charge in [-0.25, -0.2) is 0 Å². The number of benzene rings is 1. The molecule has 0 saturated carbocycles. The largest absolute Gasteiger partial charge is 0.494 e. The molecule has 2 rings (SSSR count). The Kier molecular flexibility index (Phi) is 4.39. The topological polar surface area (TPSA) is 117 Å². The second kappa shape index (κ2) is 6.06. The monoisotopic (exact) mass is 295 g/mol. The number of ether oxygens (including phenoxy) is 2. The van der Waals surface area contributed by atoms with Crippen LogP contribution < -0.4 is 15.8 Å². The Labute approximate surface area is 121 Å². The Hall–Kier alpha value is -2.19. The van der Waals surface area contributed by atoms with Gasteiger partial charge in [-0.05, 0) is 18.9 Å². The maximum Gasteiger partial charge on any atom is 0.273 e. The number of nitro benzene ring substituents is 1. The van der Waals surface area contributed by atoms with Crippen LogP contribution in [0.1, 0.15) is 12.8 Å². The predicted molar refractivity (Wildman–Crippen MR) is 75.2 cm³/mol. The summed E-state index contributed by atoms with van der Waals surface area (Å²) in [5.41, 5.74) is 5.32. The van der Waals surface area contributed by atoms with Crippen LogP contribution in [-0.2, 0) is 9.53 Å². The van der Waals surface area contributed by atoms with Gasteiger partial charge in [-0.3, -0.25) is 14.9 Å². The summed E-state index contributed by atoms with van der Waals surface area (Å²) >= 11 is 0. The smallest absolute Gasteiger partial charge is 0.273 e. The Morgan fingerprint density at radius 1 is 1.48 bits per heavy atom. The average Bonchev–Trinajstić information content (AvgIpc) is 2.48. The number of nitrogens with two attached hydrogens (primary N) is 1. The molecule has 3 N–H and O–H groups in total. The quantitative estimate of drug-likeness (QED) is 0.633. The molecule has 0 spiro atoms. The number of nitrogens with one attached hydrogen (secondary N) is 1. The molecule has 1 aliphatic rings. The molecule has 8 nitrogen and oxygen atoms in total. The minimum atomic E-state index is -0.995. The molecule has 1 amide bonds. The molecule has 1 aromatic carbocycles. The van der Waals surface area contributed by atoms with Crippen molar-refractivity contribution in [1.82, 2.24) is 0 Å². The van der Waals surface area contributed by atoms with Crippen molar-refractivity contribution in [3.63, 3.8) is 0 Å². The highest BCUT2D eigenvalue weighted by Crippen LogP contribution is 2.30. The van der Waals surface area contributed by atoms with E-state index in [1.807, 2.05) is 0 Å². The fourth-order valence-corrected chi connectivity index (χ4v) is 2.11. The minimum Gasteiger partial charge on any atom is -0.494 e. The van der Waals surface area contributed by atoms with Gasteiger partial charge >= 0.3 is 0 Å². The van der Waals surface area contributed by atoms with E-state index in [2.05, 4.69) is 5.32 Å². The fraction of sp³-hybridized carbons (Fsp3) is 0.462. The van der Waals surface area contributed by atoms with Crippen LogP contribution >= 0.6 is 0 Å². The third-order valence-corrected chi connectivity index (χ3v) is 3.48. The summed E-state index contributed by atoms with van der Waals surface area (Å²) < 4.78 is 10.3. The van der Waals surface area contributed by atoms with Crippen molar-refractivity contribution in [2.24, 2.45) is 5.73 Å². The number of rotatable bonds is 4. The van der Waals surface area contributed by atoms with E-state index < -0.39 is 10.5 Å². The molecule has 0 aliphatic carbocycles. The van der Waals surface area contributed by atoms with Crippen LogP contribution in [0.5, 0.6) is 5.75 Å². The third-order valence-electron chi connectivity index (χ3n) is 3.48. The van der Waals surface area contributed by atoms with Gasteiger partial charge in [0, 0.05) is 19.3 Å². The molecule has 1 saturated heterocycles. The Morgan fingerprint density at radius 3 is 2.71 bits per heavy atom. The highest BCUT2D eigenvalue weighted by Gasteiger charge is 2.36. The summed E-state index contributed by atoms with van der Waals surface area (Å²) in [4.78, 5) is 22.5. The first-order valence-corrected chi connectivity index (χ1v) is 6.47. The first-order valence-electron chi connectivity index (χ1n) is 6.47. The van der Waals surface area contributed by atoms with Gasteiger partial charge in [0.2, 0.25) is 5.91 Å². The van der Waals surface area contributed by atoms with Crippen molar-refractivity contribution in [2.45, 2.75) is 18.4 Å². The molecule has 0 radical (unpaired) electrons. The second-order valence-corrected chi connectivity index (χ2v) is 4.86. The van der Waals surface area contributed by atoms with Gasteiger partial charge < -0.3 is 20.5 Å². The van der Waals surface area contributed by atoms with E-state index in [0.29, 0.717) is 31.7 Å². The number of methoxy groups -OCH3 is 1. The Balaban J connectivity index is 2.18. The van der Waals surface area contributed by atoms with E-state index in [1.165, 1.54) is 25.3 Å². The molecule has 1 aromatic rings. The lowest BCUT2D eigenvalue weighted by molar-refractivity contribution is -0.384. The summed E-state index contributed by atoms with van der Waals surface area (Å²) in [6.45, 7) is 0.864. The molecule has 0 unspecified atom stereocenters. The molecule has 1 heterocycles. The van der Waals surface area contributed by atoms with Crippen molar-refractivity contribution in [3.05, 3.63) is 28.3 Å². The number of nitro groups is 1. The number of nitrogens with zero attached hydrogens (tertiary/aromatic N) is 1. The number of non-ortho nitro benzene ring substituents is 1. The van der Waals surface area contributed by atoms with Crippen LogP contribution in [0, 0.1) is 10.1 Å². The van der Waals surface area contributed by atoms with Crippen LogP contribution in [0.3, 0.4) is 0 Å². The normalized spacial score (nSPS) is 17.0. The number of carbonyl (C=O) groups excluding carboxylic acids is 1. The molecule has 0 atom stereocenters. The summed E-state index contributed by atoms with van der Waals surface area (Å²) in [6, 6.07) is 3.98. The number of amides is 1. The van der Waals surface area contributed by atoms with E-state index in [1.54, 1.807) is 0 Å².